The highest BCUT2D eigenvalue weighted by molar-refractivity contribution is 6.31. The lowest BCUT2D eigenvalue weighted by atomic mass is 10.0. The second-order valence-electron chi connectivity index (χ2n) is 4.01. The second-order valence-corrected chi connectivity index (χ2v) is 4.44. The summed E-state index contributed by atoms with van der Waals surface area (Å²) in [5, 5.41) is 0.525. The predicted octanol–water partition coefficient (Wildman–Crippen LogP) is 4.08. The summed E-state index contributed by atoms with van der Waals surface area (Å²) in [6, 6.07) is 5.02. The third kappa shape index (κ3) is 4.23. The van der Waals surface area contributed by atoms with Crippen molar-refractivity contribution >= 4 is 23.1 Å². The first-order chi connectivity index (χ1) is 7.63. The SMILES string of the molecule is CCCCCCC(=O)c1cc(N)cc(Cl)c1. The van der Waals surface area contributed by atoms with Crippen molar-refractivity contribution in [2.45, 2.75) is 39.0 Å². The van der Waals surface area contributed by atoms with Gasteiger partial charge in [-0.1, -0.05) is 37.8 Å². The Kier molecular flexibility index (Phi) is 5.33. The zero-order valence-electron chi connectivity index (χ0n) is 9.63. The van der Waals surface area contributed by atoms with E-state index in [0.717, 1.165) is 12.8 Å². The number of rotatable bonds is 6. The van der Waals surface area contributed by atoms with E-state index in [1.165, 1.54) is 12.8 Å². The molecule has 0 aliphatic heterocycles. The van der Waals surface area contributed by atoms with Gasteiger partial charge in [-0.05, 0) is 24.6 Å². The van der Waals surface area contributed by atoms with Crippen LogP contribution in [0.2, 0.25) is 5.02 Å². The van der Waals surface area contributed by atoms with E-state index in [9.17, 15) is 4.79 Å². The Hall–Kier alpha value is -1.02. The highest BCUT2D eigenvalue weighted by Crippen LogP contribution is 2.18. The predicted molar refractivity (Wildman–Crippen MR) is 69.0 cm³/mol. The number of carbonyl (C=O) groups excluding carboxylic acids is 1. The van der Waals surface area contributed by atoms with Crippen molar-refractivity contribution in [2.75, 3.05) is 5.73 Å². The van der Waals surface area contributed by atoms with Crippen molar-refractivity contribution in [3.8, 4) is 0 Å². The zero-order chi connectivity index (χ0) is 12.0. The van der Waals surface area contributed by atoms with Crippen LogP contribution >= 0.6 is 11.6 Å². The molecule has 0 aliphatic carbocycles. The number of hydrogen-bond acceptors (Lipinski definition) is 2. The maximum absolute atomic E-state index is 11.8. The number of nitrogens with two attached hydrogens (primary N) is 1. The molecule has 0 bridgehead atoms. The number of ketones is 1. The summed E-state index contributed by atoms with van der Waals surface area (Å²) in [6.07, 6.45) is 5.00. The molecule has 0 aromatic heterocycles. The number of hydrogen-bond donors (Lipinski definition) is 1. The van der Waals surface area contributed by atoms with Crippen LogP contribution in [0.25, 0.3) is 0 Å². The van der Waals surface area contributed by atoms with E-state index in [2.05, 4.69) is 6.92 Å². The molecule has 1 rings (SSSR count). The van der Waals surface area contributed by atoms with Crippen molar-refractivity contribution in [1.82, 2.24) is 0 Å². The molecular formula is C13H18ClNO. The maximum atomic E-state index is 11.8. The quantitative estimate of drug-likeness (QED) is 0.462. The molecule has 3 heteroatoms. The van der Waals surface area contributed by atoms with Crippen molar-refractivity contribution in [3.05, 3.63) is 28.8 Å². The number of Topliss-reactive ketones (excluding diaryl/α,β-unsaturated/α-hetero) is 1. The van der Waals surface area contributed by atoms with Gasteiger partial charge in [0.1, 0.15) is 0 Å². The lowest BCUT2D eigenvalue weighted by molar-refractivity contribution is 0.0979. The number of anilines is 1. The minimum atomic E-state index is 0.130. The summed E-state index contributed by atoms with van der Waals surface area (Å²) >= 11 is 5.85. The average molecular weight is 240 g/mol. The summed E-state index contributed by atoms with van der Waals surface area (Å²) < 4.78 is 0. The smallest absolute Gasteiger partial charge is 0.163 e. The summed E-state index contributed by atoms with van der Waals surface area (Å²) in [4.78, 5) is 11.8. The molecule has 0 fully saturated rings. The summed E-state index contributed by atoms with van der Waals surface area (Å²) in [7, 11) is 0. The van der Waals surface area contributed by atoms with Gasteiger partial charge in [0.15, 0.2) is 5.78 Å². The molecule has 0 atom stereocenters. The van der Waals surface area contributed by atoms with Gasteiger partial charge >= 0.3 is 0 Å². The van der Waals surface area contributed by atoms with Gasteiger partial charge < -0.3 is 5.73 Å². The van der Waals surface area contributed by atoms with Crippen LogP contribution in [0.5, 0.6) is 0 Å². The molecule has 2 N–H and O–H groups in total. The van der Waals surface area contributed by atoms with Crippen LogP contribution in [-0.4, -0.2) is 5.78 Å². The first-order valence-electron chi connectivity index (χ1n) is 5.72. The van der Waals surface area contributed by atoms with Crippen molar-refractivity contribution in [2.24, 2.45) is 0 Å². The number of benzene rings is 1. The molecule has 0 unspecified atom stereocenters. The Balaban J connectivity index is 2.52. The van der Waals surface area contributed by atoms with E-state index < -0.39 is 0 Å². The van der Waals surface area contributed by atoms with Gasteiger partial charge in [-0.25, -0.2) is 0 Å². The Morgan fingerprint density at radius 3 is 2.62 bits per heavy atom. The first kappa shape index (κ1) is 13.0. The Bertz CT molecular complexity index is 343. The highest BCUT2D eigenvalue weighted by atomic mass is 35.5. The molecule has 16 heavy (non-hydrogen) atoms. The Morgan fingerprint density at radius 1 is 1.25 bits per heavy atom. The van der Waals surface area contributed by atoms with Crippen LogP contribution in [0.1, 0.15) is 49.4 Å². The van der Waals surface area contributed by atoms with Gasteiger partial charge in [0.25, 0.3) is 0 Å². The lowest BCUT2D eigenvalue weighted by Gasteiger charge is -2.03. The highest BCUT2D eigenvalue weighted by Gasteiger charge is 2.07. The molecule has 0 saturated heterocycles. The van der Waals surface area contributed by atoms with Crippen LogP contribution < -0.4 is 5.73 Å². The summed E-state index contributed by atoms with van der Waals surface area (Å²) in [5.74, 6) is 0.130. The fraction of sp³-hybridized carbons (Fsp3) is 0.462. The number of carbonyl (C=O) groups is 1. The third-order valence-corrected chi connectivity index (χ3v) is 2.72. The molecule has 0 spiro atoms. The molecule has 0 saturated carbocycles. The first-order valence-corrected chi connectivity index (χ1v) is 6.10. The van der Waals surface area contributed by atoms with Gasteiger partial charge in [-0.2, -0.15) is 0 Å². The van der Waals surface area contributed by atoms with Gasteiger partial charge in [-0.3, -0.25) is 4.79 Å². The molecule has 2 nitrogen and oxygen atoms in total. The maximum Gasteiger partial charge on any atom is 0.163 e. The van der Waals surface area contributed by atoms with Crippen LogP contribution in [0.15, 0.2) is 18.2 Å². The fourth-order valence-electron chi connectivity index (χ4n) is 1.63. The third-order valence-electron chi connectivity index (χ3n) is 2.50. The molecule has 1 aromatic rings. The van der Waals surface area contributed by atoms with Crippen molar-refractivity contribution < 1.29 is 4.79 Å². The van der Waals surface area contributed by atoms with Crippen molar-refractivity contribution in [3.63, 3.8) is 0 Å². The average Bonchev–Trinajstić information content (AvgIpc) is 2.22. The van der Waals surface area contributed by atoms with E-state index in [-0.39, 0.29) is 5.78 Å². The van der Waals surface area contributed by atoms with Gasteiger partial charge in [0.2, 0.25) is 0 Å². The lowest BCUT2D eigenvalue weighted by Crippen LogP contribution is -2.00. The number of halogens is 1. The van der Waals surface area contributed by atoms with Crippen LogP contribution in [0.3, 0.4) is 0 Å². The molecule has 0 amide bonds. The molecule has 0 aliphatic rings. The van der Waals surface area contributed by atoms with Gasteiger partial charge in [-0.15, -0.1) is 0 Å². The van der Waals surface area contributed by atoms with Gasteiger partial charge in [0.05, 0.1) is 0 Å². The Morgan fingerprint density at radius 2 is 2.00 bits per heavy atom. The van der Waals surface area contributed by atoms with E-state index in [1.54, 1.807) is 18.2 Å². The van der Waals surface area contributed by atoms with E-state index in [0.29, 0.717) is 22.7 Å². The zero-order valence-corrected chi connectivity index (χ0v) is 10.4. The van der Waals surface area contributed by atoms with E-state index in [1.807, 2.05) is 0 Å². The minimum absolute atomic E-state index is 0.130. The number of nitrogen functional groups attached to an aromatic ring is 1. The fourth-order valence-corrected chi connectivity index (χ4v) is 1.87. The van der Waals surface area contributed by atoms with Crippen LogP contribution in [0, 0.1) is 0 Å². The van der Waals surface area contributed by atoms with Crippen LogP contribution in [0.4, 0.5) is 5.69 Å². The summed E-state index contributed by atoms with van der Waals surface area (Å²) in [6.45, 7) is 2.15. The number of unbranched alkanes of at least 4 members (excludes halogenated alkanes) is 3. The largest absolute Gasteiger partial charge is 0.399 e. The molecule has 0 radical (unpaired) electrons. The van der Waals surface area contributed by atoms with Crippen LogP contribution in [-0.2, 0) is 0 Å². The van der Waals surface area contributed by atoms with Gasteiger partial charge in [0, 0.05) is 22.7 Å². The minimum Gasteiger partial charge on any atom is -0.399 e. The Labute approximate surface area is 102 Å². The normalized spacial score (nSPS) is 10.4. The molecule has 1 aromatic carbocycles. The molecule has 0 heterocycles. The molecular weight excluding hydrogens is 222 g/mol. The molecule has 88 valence electrons. The standard InChI is InChI=1S/C13H18ClNO/c1-2-3-4-5-6-13(16)10-7-11(14)9-12(15)8-10/h7-9H,2-6,15H2,1H3. The topological polar surface area (TPSA) is 43.1 Å². The summed E-state index contributed by atoms with van der Waals surface area (Å²) in [5.41, 5.74) is 6.81. The van der Waals surface area contributed by atoms with E-state index >= 15 is 0 Å². The van der Waals surface area contributed by atoms with E-state index in [4.69, 9.17) is 17.3 Å². The monoisotopic (exact) mass is 239 g/mol. The second kappa shape index (κ2) is 6.54. The van der Waals surface area contributed by atoms with Crippen molar-refractivity contribution in [1.29, 1.82) is 0 Å².